The highest BCUT2D eigenvalue weighted by Gasteiger charge is 2.39. The Labute approximate surface area is 136 Å². The van der Waals surface area contributed by atoms with Gasteiger partial charge in [-0.2, -0.15) is 5.26 Å². The number of allylic oxidation sites excluding steroid dienone is 2. The topological polar surface area (TPSA) is 71.7 Å². The second-order valence-corrected chi connectivity index (χ2v) is 5.34. The van der Waals surface area contributed by atoms with Crippen molar-refractivity contribution in [1.29, 1.82) is 5.26 Å². The third-order valence-corrected chi connectivity index (χ3v) is 3.96. The first kappa shape index (κ1) is 16.8. The van der Waals surface area contributed by atoms with Crippen molar-refractivity contribution >= 4 is 11.7 Å². The van der Waals surface area contributed by atoms with Gasteiger partial charge in [0.1, 0.15) is 11.7 Å². The maximum atomic E-state index is 12.4. The summed E-state index contributed by atoms with van der Waals surface area (Å²) in [5.41, 5.74) is 2.68. The zero-order chi connectivity index (χ0) is 17.0. The molecule has 0 bridgehead atoms. The van der Waals surface area contributed by atoms with E-state index in [1.165, 1.54) is 0 Å². The Morgan fingerprint density at radius 1 is 1.30 bits per heavy atom. The van der Waals surface area contributed by atoms with Crippen LogP contribution in [0.2, 0.25) is 0 Å². The number of benzene rings is 1. The van der Waals surface area contributed by atoms with Gasteiger partial charge in [-0.25, -0.2) is 0 Å². The third kappa shape index (κ3) is 3.26. The molecule has 0 saturated carbocycles. The van der Waals surface area contributed by atoms with Crippen LogP contribution in [0.5, 0.6) is 5.75 Å². The summed E-state index contributed by atoms with van der Waals surface area (Å²) in [7, 11) is 1.60. The normalized spacial score (nSPS) is 20.6. The number of nitriles is 1. The van der Waals surface area contributed by atoms with Gasteiger partial charge in [-0.1, -0.05) is 12.1 Å². The van der Waals surface area contributed by atoms with Crippen LogP contribution in [0.1, 0.15) is 32.3 Å². The molecule has 1 heterocycles. The minimum atomic E-state index is -0.582. The Balaban J connectivity index is 2.53. The number of nitrogens with zero attached hydrogens (tertiary/aromatic N) is 2. The zero-order valence-electron chi connectivity index (χ0n) is 13.8. The number of rotatable bonds is 4. The van der Waals surface area contributed by atoms with E-state index in [0.717, 1.165) is 11.3 Å². The van der Waals surface area contributed by atoms with E-state index in [2.05, 4.69) is 11.1 Å². The van der Waals surface area contributed by atoms with Gasteiger partial charge < -0.3 is 9.47 Å². The van der Waals surface area contributed by atoms with Crippen molar-refractivity contribution in [2.24, 2.45) is 10.9 Å². The molecule has 0 aliphatic carbocycles. The largest absolute Gasteiger partial charge is 0.497 e. The molecule has 1 aliphatic heterocycles. The van der Waals surface area contributed by atoms with Crippen LogP contribution in [-0.4, -0.2) is 25.4 Å². The average molecular weight is 312 g/mol. The molecule has 0 spiro atoms. The van der Waals surface area contributed by atoms with E-state index in [9.17, 15) is 10.1 Å². The van der Waals surface area contributed by atoms with E-state index in [-0.39, 0.29) is 11.9 Å². The number of ether oxygens (including phenoxy) is 2. The number of hydrogen-bond acceptors (Lipinski definition) is 5. The van der Waals surface area contributed by atoms with Gasteiger partial charge in [-0.3, -0.25) is 9.79 Å². The Bertz CT molecular complexity index is 696. The van der Waals surface area contributed by atoms with E-state index >= 15 is 0 Å². The van der Waals surface area contributed by atoms with Gasteiger partial charge >= 0.3 is 5.97 Å². The molecule has 0 radical (unpaired) electrons. The molecule has 23 heavy (non-hydrogen) atoms. The minimum absolute atomic E-state index is 0.294. The van der Waals surface area contributed by atoms with Gasteiger partial charge in [-0.15, -0.1) is 0 Å². The maximum Gasteiger partial charge on any atom is 0.315 e. The average Bonchev–Trinajstić information content (AvgIpc) is 2.54. The molecule has 1 aliphatic rings. The van der Waals surface area contributed by atoms with Crippen molar-refractivity contribution in [3.05, 3.63) is 41.1 Å². The number of esters is 1. The molecule has 2 rings (SSSR count). The number of aliphatic imine (C=N–C) groups is 1. The maximum absolute atomic E-state index is 12.4. The number of hydrogen-bond donors (Lipinski definition) is 0. The van der Waals surface area contributed by atoms with Gasteiger partial charge in [0.05, 0.1) is 31.1 Å². The lowest BCUT2D eigenvalue weighted by Gasteiger charge is -2.29. The lowest BCUT2D eigenvalue weighted by molar-refractivity contribution is -0.146. The molecule has 0 aromatic heterocycles. The van der Waals surface area contributed by atoms with Crippen LogP contribution < -0.4 is 4.74 Å². The van der Waals surface area contributed by atoms with Crippen LogP contribution in [0.15, 0.2) is 40.5 Å². The Hall–Kier alpha value is -2.61. The number of carbonyl (C=O) groups excluding carboxylic acids is 1. The molecule has 1 aromatic carbocycles. The summed E-state index contributed by atoms with van der Waals surface area (Å²) in [6.07, 6.45) is 0. The summed E-state index contributed by atoms with van der Waals surface area (Å²) in [4.78, 5) is 16.8. The van der Waals surface area contributed by atoms with Crippen LogP contribution >= 0.6 is 0 Å². The van der Waals surface area contributed by atoms with E-state index in [1.807, 2.05) is 24.3 Å². The predicted octanol–water partition coefficient (Wildman–Crippen LogP) is 3.23. The smallest absolute Gasteiger partial charge is 0.315 e. The summed E-state index contributed by atoms with van der Waals surface area (Å²) in [5.74, 6) is -0.596. The van der Waals surface area contributed by atoms with Gasteiger partial charge in [-0.05, 0) is 38.5 Å². The van der Waals surface area contributed by atoms with E-state index in [0.29, 0.717) is 23.6 Å². The van der Waals surface area contributed by atoms with Crippen LogP contribution in [0.25, 0.3) is 0 Å². The summed E-state index contributed by atoms with van der Waals surface area (Å²) in [5, 5.41) is 9.56. The van der Waals surface area contributed by atoms with Crippen LogP contribution in [0, 0.1) is 17.2 Å². The van der Waals surface area contributed by atoms with Crippen molar-refractivity contribution in [3.8, 4) is 11.8 Å². The standard InChI is InChI=1S/C18H20N2O3/c1-5-23-18(21)16-12(3)20-11(2)15(10-19)17(16)13-6-8-14(22-4)9-7-13/h6-9,16-17H,5H2,1-4H3/t16?,17-/m1/s1. The fraction of sp³-hybridized carbons (Fsp3) is 0.389. The third-order valence-electron chi connectivity index (χ3n) is 3.96. The van der Waals surface area contributed by atoms with Gasteiger partial charge in [0.2, 0.25) is 0 Å². The van der Waals surface area contributed by atoms with Crippen molar-refractivity contribution in [2.75, 3.05) is 13.7 Å². The summed E-state index contributed by atoms with van der Waals surface area (Å²) < 4.78 is 10.4. The molecule has 0 N–H and O–H groups in total. The summed E-state index contributed by atoms with van der Waals surface area (Å²) in [6, 6.07) is 9.60. The first-order valence-electron chi connectivity index (χ1n) is 7.50. The van der Waals surface area contributed by atoms with E-state index < -0.39 is 5.92 Å². The Morgan fingerprint density at radius 3 is 2.48 bits per heavy atom. The van der Waals surface area contributed by atoms with Crippen molar-refractivity contribution < 1.29 is 14.3 Å². The highest BCUT2D eigenvalue weighted by Crippen LogP contribution is 2.39. The van der Waals surface area contributed by atoms with Crippen LogP contribution in [-0.2, 0) is 9.53 Å². The summed E-state index contributed by atoms with van der Waals surface area (Å²) in [6.45, 7) is 5.65. The molecule has 5 heteroatoms. The van der Waals surface area contributed by atoms with Gasteiger partial charge in [0, 0.05) is 11.6 Å². The monoisotopic (exact) mass is 312 g/mol. The molecule has 0 fully saturated rings. The lowest BCUT2D eigenvalue weighted by atomic mass is 9.76. The van der Waals surface area contributed by atoms with Gasteiger partial charge in [0.25, 0.3) is 0 Å². The van der Waals surface area contributed by atoms with Crippen molar-refractivity contribution in [2.45, 2.75) is 26.7 Å². The quantitative estimate of drug-likeness (QED) is 0.800. The molecule has 2 atom stereocenters. The molecule has 5 nitrogen and oxygen atoms in total. The second-order valence-electron chi connectivity index (χ2n) is 5.34. The molecule has 0 saturated heterocycles. The highest BCUT2D eigenvalue weighted by molar-refractivity contribution is 6.03. The number of methoxy groups -OCH3 is 1. The SMILES string of the molecule is CCOC(=O)C1C(C)=NC(C)=C(C#N)[C@H]1c1ccc(OC)cc1. The minimum Gasteiger partial charge on any atom is -0.497 e. The Kier molecular flexibility index (Phi) is 5.17. The Morgan fingerprint density at radius 2 is 1.96 bits per heavy atom. The van der Waals surface area contributed by atoms with E-state index in [4.69, 9.17) is 9.47 Å². The van der Waals surface area contributed by atoms with Crippen LogP contribution in [0.3, 0.4) is 0 Å². The molecule has 120 valence electrons. The summed E-state index contributed by atoms with van der Waals surface area (Å²) >= 11 is 0. The van der Waals surface area contributed by atoms with E-state index in [1.54, 1.807) is 27.9 Å². The highest BCUT2D eigenvalue weighted by atomic mass is 16.5. The molecular weight excluding hydrogens is 292 g/mol. The number of carbonyl (C=O) groups is 1. The van der Waals surface area contributed by atoms with Crippen molar-refractivity contribution in [3.63, 3.8) is 0 Å². The predicted molar refractivity (Wildman–Crippen MR) is 87.3 cm³/mol. The van der Waals surface area contributed by atoms with Crippen LogP contribution in [0.4, 0.5) is 0 Å². The second kappa shape index (κ2) is 7.10. The molecule has 1 aromatic rings. The zero-order valence-corrected chi connectivity index (χ0v) is 13.8. The van der Waals surface area contributed by atoms with Crippen molar-refractivity contribution in [1.82, 2.24) is 0 Å². The van der Waals surface area contributed by atoms with Gasteiger partial charge in [0.15, 0.2) is 0 Å². The first-order valence-corrected chi connectivity index (χ1v) is 7.50. The molecule has 0 amide bonds. The lowest BCUT2D eigenvalue weighted by Crippen LogP contribution is -2.34. The molecular formula is C18H20N2O3. The fourth-order valence-corrected chi connectivity index (χ4v) is 2.89. The fourth-order valence-electron chi connectivity index (χ4n) is 2.89. The first-order chi connectivity index (χ1) is 11.0. The molecule has 1 unspecified atom stereocenters.